The van der Waals surface area contributed by atoms with Crippen LogP contribution in [0, 0.1) is 0 Å². The summed E-state index contributed by atoms with van der Waals surface area (Å²) in [5.74, 6) is 0.778. The molecule has 0 saturated carbocycles. The zero-order valence-corrected chi connectivity index (χ0v) is 9.55. The van der Waals surface area contributed by atoms with Crippen molar-refractivity contribution < 1.29 is 4.79 Å². The van der Waals surface area contributed by atoms with Gasteiger partial charge in [0.05, 0.1) is 0 Å². The maximum Gasteiger partial charge on any atom is 0.189 e. The molecule has 16 heavy (non-hydrogen) atoms. The molecule has 0 radical (unpaired) electrons. The van der Waals surface area contributed by atoms with E-state index in [9.17, 15) is 4.79 Å². The fraction of sp³-hybridized carbons (Fsp3) is 0.250. The number of nitrogens with one attached hydrogen (secondary N) is 2. The maximum absolute atomic E-state index is 11.8. The highest BCUT2D eigenvalue weighted by molar-refractivity contribution is 6.30. The van der Waals surface area contributed by atoms with E-state index in [1.54, 1.807) is 30.3 Å². The Morgan fingerprint density at radius 3 is 2.44 bits per heavy atom. The molecule has 0 unspecified atom stereocenters. The van der Waals surface area contributed by atoms with E-state index in [1.165, 1.54) is 0 Å². The quantitative estimate of drug-likeness (QED) is 0.609. The van der Waals surface area contributed by atoms with Gasteiger partial charge in [-0.15, -0.1) is 0 Å². The number of allylic oxidation sites excluding steroid dienone is 1. The number of ketones is 1. The molecule has 0 spiro atoms. The van der Waals surface area contributed by atoms with E-state index in [4.69, 9.17) is 11.6 Å². The molecular weight excluding hydrogens is 224 g/mol. The monoisotopic (exact) mass is 236 g/mol. The van der Waals surface area contributed by atoms with E-state index >= 15 is 0 Å². The van der Waals surface area contributed by atoms with Gasteiger partial charge in [-0.3, -0.25) is 4.79 Å². The van der Waals surface area contributed by atoms with E-state index in [0.29, 0.717) is 10.6 Å². The normalized spacial score (nSPS) is 14.9. The average Bonchev–Trinajstić information content (AvgIpc) is 2.31. The lowest BCUT2D eigenvalue weighted by Gasteiger charge is -2.18. The Hall–Kier alpha value is -1.48. The predicted molar refractivity (Wildman–Crippen MR) is 64.5 cm³/mol. The van der Waals surface area contributed by atoms with Crippen LogP contribution in [0.1, 0.15) is 16.8 Å². The summed E-state index contributed by atoms with van der Waals surface area (Å²) in [6.45, 7) is 1.82. The van der Waals surface area contributed by atoms with Crippen LogP contribution >= 0.6 is 11.6 Å². The average molecular weight is 237 g/mol. The van der Waals surface area contributed by atoms with Crippen LogP contribution < -0.4 is 10.6 Å². The highest BCUT2D eigenvalue weighted by Crippen LogP contribution is 2.10. The van der Waals surface area contributed by atoms with Crippen LogP contribution in [0.2, 0.25) is 5.02 Å². The first-order chi connectivity index (χ1) is 7.75. The Morgan fingerprint density at radius 1 is 1.19 bits per heavy atom. The fourth-order valence-corrected chi connectivity index (χ4v) is 1.65. The second-order valence-corrected chi connectivity index (χ2v) is 4.07. The van der Waals surface area contributed by atoms with Gasteiger partial charge in [0.2, 0.25) is 0 Å². The van der Waals surface area contributed by atoms with E-state index < -0.39 is 0 Å². The van der Waals surface area contributed by atoms with Crippen LogP contribution in [0.3, 0.4) is 0 Å². The second kappa shape index (κ2) is 5.03. The van der Waals surface area contributed by atoms with Crippen molar-refractivity contribution in [3.8, 4) is 0 Å². The van der Waals surface area contributed by atoms with Crippen molar-refractivity contribution in [2.24, 2.45) is 0 Å². The van der Waals surface area contributed by atoms with Crippen LogP contribution in [0.5, 0.6) is 0 Å². The number of hydrogen-bond acceptors (Lipinski definition) is 3. The van der Waals surface area contributed by atoms with Crippen LogP contribution in [0.4, 0.5) is 0 Å². The molecule has 0 amide bonds. The molecule has 1 aromatic rings. The molecule has 0 aliphatic carbocycles. The van der Waals surface area contributed by atoms with Crippen LogP contribution in [-0.2, 0) is 0 Å². The van der Waals surface area contributed by atoms with Crippen molar-refractivity contribution in [2.75, 3.05) is 13.1 Å². The Morgan fingerprint density at radius 2 is 1.81 bits per heavy atom. The van der Waals surface area contributed by atoms with Gasteiger partial charge in [0.15, 0.2) is 5.78 Å². The third-order valence-corrected chi connectivity index (χ3v) is 2.64. The Kier molecular flexibility index (Phi) is 3.47. The molecule has 0 aromatic heterocycles. The van der Waals surface area contributed by atoms with Crippen LogP contribution in [0.15, 0.2) is 36.2 Å². The van der Waals surface area contributed by atoms with Crippen molar-refractivity contribution in [1.82, 2.24) is 10.6 Å². The van der Waals surface area contributed by atoms with Gasteiger partial charge in [-0.25, -0.2) is 0 Å². The Balaban J connectivity index is 2.09. The van der Waals surface area contributed by atoms with Crippen LogP contribution in [-0.4, -0.2) is 18.9 Å². The van der Waals surface area contributed by atoms with Crippen molar-refractivity contribution >= 4 is 17.4 Å². The molecule has 1 aliphatic rings. The lowest BCUT2D eigenvalue weighted by Crippen LogP contribution is -2.35. The summed E-state index contributed by atoms with van der Waals surface area (Å²) < 4.78 is 0. The third-order valence-electron chi connectivity index (χ3n) is 2.39. The van der Waals surface area contributed by atoms with Gasteiger partial charge in [-0.05, 0) is 30.7 Å². The number of rotatable bonds is 2. The highest BCUT2D eigenvalue weighted by atomic mass is 35.5. The first-order valence-corrected chi connectivity index (χ1v) is 5.63. The van der Waals surface area contributed by atoms with Gasteiger partial charge in [0, 0.05) is 29.8 Å². The van der Waals surface area contributed by atoms with Crippen molar-refractivity contribution in [1.29, 1.82) is 0 Å². The second-order valence-electron chi connectivity index (χ2n) is 3.64. The SMILES string of the molecule is O=C(C=C1NCCCN1)c1ccc(Cl)cc1. The zero-order valence-electron chi connectivity index (χ0n) is 8.79. The van der Waals surface area contributed by atoms with E-state index in [0.717, 1.165) is 25.3 Å². The standard InChI is InChI=1S/C12H13ClN2O/c13-10-4-2-9(3-5-10)11(16)8-12-14-6-1-7-15-12/h2-5,8,14-15H,1,6-7H2. The van der Waals surface area contributed by atoms with Gasteiger partial charge in [-0.2, -0.15) is 0 Å². The van der Waals surface area contributed by atoms with Gasteiger partial charge in [0.1, 0.15) is 5.82 Å². The van der Waals surface area contributed by atoms with E-state index in [2.05, 4.69) is 10.6 Å². The minimum Gasteiger partial charge on any atom is -0.372 e. The summed E-state index contributed by atoms with van der Waals surface area (Å²) >= 11 is 5.76. The van der Waals surface area contributed by atoms with Crippen molar-refractivity contribution in [2.45, 2.75) is 6.42 Å². The summed E-state index contributed by atoms with van der Waals surface area (Å²) in [5, 5.41) is 6.91. The zero-order chi connectivity index (χ0) is 11.4. The Bertz CT molecular complexity index is 404. The molecule has 3 nitrogen and oxygen atoms in total. The maximum atomic E-state index is 11.8. The minimum absolute atomic E-state index is 0.0198. The topological polar surface area (TPSA) is 41.1 Å². The molecule has 2 N–H and O–H groups in total. The van der Waals surface area contributed by atoms with Crippen LogP contribution in [0.25, 0.3) is 0 Å². The summed E-state index contributed by atoms with van der Waals surface area (Å²) in [6, 6.07) is 6.89. The Labute approximate surface area is 99.5 Å². The molecule has 0 atom stereocenters. The molecule has 1 fully saturated rings. The molecule has 1 saturated heterocycles. The molecule has 84 valence electrons. The molecule has 4 heteroatoms. The smallest absolute Gasteiger partial charge is 0.189 e. The number of hydrogen-bond donors (Lipinski definition) is 2. The summed E-state index contributed by atoms with van der Waals surface area (Å²) in [7, 11) is 0. The number of halogens is 1. The summed E-state index contributed by atoms with van der Waals surface area (Å²) in [6.07, 6.45) is 2.66. The fourth-order valence-electron chi connectivity index (χ4n) is 1.53. The number of carbonyl (C=O) groups is 1. The molecule has 1 heterocycles. The number of carbonyl (C=O) groups excluding carboxylic acids is 1. The van der Waals surface area contributed by atoms with Crippen molar-refractivity contribution in [3.05, 3.63) is 46.7 Å². The van der Waals surface area contributed by atoms with Gasteiger partial charge >= 0.3 is 0 Å². The minimum atomic E-state index is -0.0198. The lowest BCUT2D eigenvalue weighted by atomic mass is 10.1. The number of benzene rings is 1. The molecule has 2 rings (SSSR count). The van der Waals surface area contributed by atoms with E-state index in [1.807, 2.05) is 0 Å². The third kappa shape index (κ3) is 2.76. The molecule has 0 bridgehead atoms. The van der Waals surface area contributed by atoms with Gasteiger partial charge in [-0.1, -0.05) is 11.6 Å². The molecular formula is C12H13ClN2O. The first kappa shape index (κ1) is 11.0. The first-order valence-electron chi connectivity index (χ1n) is 5.25. The lowest BCUT2D eigenvalue weighted by molar-refractivity contribution is 0.104. The highest BCUT2D eigenvalue weighted by Gasteiger charge is 2.07. The summed E-state index contributed by atoms with van der Waals surface area (Å²) in [4.78, 5) is 11.8. The molecule has 1 aromatic carbocycles. The van der Waals surface area contributed by atoms with E-state index in [-0.39, 0.29) is 5.78 Å². The van der Waals surface area contributed by atoms with Gasteiger partial charge in [0.25, 0.3) is 0 Å². The largest absolute Gasteiger partial charge is 0.372 e. The van der Waals surface area contributed by atoms with Crippen molar-refractivity contribution in [3.63, 3.8) is 0 Å². The summed E-state index contributed by atoms with van der Waals surface area (Å²) in [5.41, 5.74) is 0.645. The predicted octanol–water partition coefficient (Wildman–Crippen LogP) is 1.95. The van der Waals surface area contributed by atoms with Gasteiger partial charge < -0.3 is 10.6 Å². The molecule has 1 aliphatic heterocycles.